The van der Waals surface area contributed by atoms with Crippen LogP contribution in [0, 0.1) is 0 Å². The summed E-state index contributed by atoms with van der Waals surface area (Å²) in [5.74, 6) is 0. The zero-order valence-corrected chi connectivity index (χ0v) is 27.6. The summed E-state index contributed by atoms with van der Waals surface area (Å²) in [4.78, 5) is 8.94. The molecule has 0 spiro atoms. The molecule has 5 nitrogen and oxygen atoms in total. The van der Waals surface area contributed by atoms with E-state index in [4.69, 9.17) is 0 Å². The Kier molecular flexibility index (Phi) is 5.95. The van der Waals surface area contributed by atoms with Gasteiger partial charge in [-0.05, 0) is 47.5 Å². The lowest BCUT2D eigenvalue weighted by molar-refractivity contribution is 0.782. The Morgan fingerprint density at radius 3 is 1.96 bits per heavy atom. The summed E-state index contributed by atoms with van der Waals surface area (Å²) in [5, 5.41) is 5.01. The zero-order valence-electron chi connectivity index (χ0n) is 27.6. The number of fused-ring (bicyclic) bond motifs is 9. The Balaban J connectivity index is 1.26. The molecule has 238 valence electrons. The van der Waals surface area contributed by atoms with Gasteiger partial charge in [0, 0.05) is 87.4 Å². The molecule has 4 aromatic heterocycles. The molecule has 9 aromatic rings. The molecule has 0 fully saturated rings. The average Bonchev–Trinajstić information content (AvgIpc) is 3.73. The molecule has 11 rings (SSSR count). The molecule has 5 heterocycles. The molecule has 2 aliphatic rings. The summed E-state index contributed by atoms with van der Waals surface area (Å²) < 4.78 is 7.52. The minimum Gasteiger partial charge on any atom is -0.316 e. The number of allylic oxidation sites excluding steroid dienone is 4. The van der Waals surface area contributed by atoms with E-state index in [2.05, 4.69) is 163 Å². The van der Waals surface area contributed by atoms with Crippen LogP contribution in [0.2, 0.25) is 0 Å². The van der Waals surface area contributed by atoms with Crippen molar-refractivity contribution in [2.45, 2.75) is 6.04 Å². The first-order chi connectivity index (χ1) is 25.3. The molecule has 1 unspecified atom stereocenters. The van der Waals surface area contributed by atoms with E-state index in [0.29, 0.717) is 0 Å². The maximum absolute atomic E-state index is 4.47. The molecule has 1 aliphatic heterocycles. The van der Waals surface area contributed by atoms with Crippen LogP contribution in [-0.4, -0.2) is 24.8 Å². The predicted molar refractivity (Wildman–Crippen MR) is 210 cm³/mol. The summed E-state index contributed by atoms with van der Waals surface area (Å²) in [6.07, 6.45) is 16.5. The van der Waals surface area contributed by atoms with Crippen molar-refractivity contribution in [3.8, 4) is 27.9 Å². The van der Waals surface area contributed by atoms with Gasteiger partial charge in [0.15, 0.2) is 0 Å². The van der Waals surface area contributed by atoms with Gasteiger partial charge in [-0.2, -0.15) is 4.58 Å². The van der Waals surface area contributed by atoms with E-state index in [1.165, 1.54) is 49.3 Å². The number of aromatic nitrogens is 4. The molecule has 0 saturated carbocycles. The van der Waals surface area contributed by atoms with Gasteiger partial charge < -0.3 is 9.13 Å². The maximum atomic E-state index is 4.47. The van der Waals surface area contributed by atoms with E-state index in [9.17, 15) is 0 Å². The van der Waals surface area contributed by atoms with Crippen LogP contribution < -0.4 is 4.58 Å². The fourth-order valence-electron chi connectivity index (χ4n) is 8.43. The van der Waals surface area contributed by atoms with E-state index in [0.717, 1.165) is 39.3 Å². The quantitative estimate of drug-likeness (QED) is 0.178. The second kappa shape index (κ2) is 10.8. The monoisotopic (exact) mass is 652 g/mol. The van der Waals surface area contributed by atoms with Crippen LogP contribution in [0.1, 0.15) is 6.04 Å². The van der Waals surface area contributed by atoms with Gasteiger partial charge in [-0.3, -0.25) is 9.97 Å². The largest absolute Gasteiger partial charge is 0.316 e. The van der Waals surface area contributed by atoms with Crippen LogP contribution in [0.5, 0.6) is 0 Å². The zero-order chi connectivity index (χ0) is 33.5. The first-order valence-electron chi connectivity index (χ1n) is 17.4. The standard InChI is InChI=1S/C46H30N5/c1-2-13-34(14-3-1)50-40-17-5-4-15-36(40)38-21-22-39-37-16-8-20-43-44(37)51(46(39)45(38)50)42-19-7-6-18-41(42)49(43)35-26-32(30-11-9-23-47-28-30)25-33(27-35)31-12-10-24-48-29-31/h1-29,42H/q+1. The normalized spacial score (nSPS) is 15.0. The number of nitrogens with zero attached hydrogens (tertiary/aromatic N) is 5. The van der Waals surface area contributed by atoms with Crippen molar-refractivity contribution in [3.63, 3.8) is 0 Å². The lowest BCUT2D eigenvalue weighted by atomic mass is 9.97. The lowest BCUT2D eigenvalue weighted by Crippen LogP contribution is -2.30. The number of benzene rings is 5. The fraction of sp³-hybridized carbons (Fsp3) is 0.0217. The van der Waals surface area contributed by atoms with Crippen molar-refractivity contribution < 1.29 is 0 Å². The van der Waals surface area contributed by atoms with Crippen molar-refractivity contribution in [2.75, 3.05) is 0 Å². The van der Waals surface area contributed by atoms with Gasteiger partial charge in [0.25, 0.3) is 0 Å². The van der Waals surface area contributed by atoms with Crippen molar-refractivity contribution in [2.24, 2.45) is 0 Å². The molecule has 1 atom stereocenters. The summed E-state index contributed by atoms with van der Waals surface area (Å²) in [6.45, 7) is 0. The van der Waals surface area contributed by atoms with Gasteiger partial charge >= 0.3 is 0 Å². The number of para-hydroxylation sites is 3. The summed E-state index contributed by atoms with van der Waals surface area (Å²) in [6, 6.07) is 46.1. The SMILES string of the molecule is C1=CC2=[N+](c3cc(-c4cccnc4)cc(-c4cccnc4)c3)c3cccc4c5ccc6c7ccccc7n(-c7ccccc7)c6c5n(c34)C2C=C1. The molecule has 51 heavy (non-hydrogen) atoms. The number of hydrogen-bond donors (Lipinski definition) is 0. The Morgan fingerprint density at radius 1 is 0.529 bits per heavy atom. The van der Waals surface area contributed by atoms with Gasteiger partial charge in [-0.15, -0.1) is 0 Å². The van der Waals surface area contributed by atoms with Crippen LogP contribution in [-0.2, 0) is 0 Å². The highest BCUT2D eigenvalue weighted by Crippen LogP contribution is 2.47. The highest BCUT2D eigenvalue weighted by Gasteiger charge is 2.38. The number of hydrogen-bond acceptors (Lipinski definition) is 2. The number of rotatable bonds is 4. The molecule has 0 radical (unpaired) electrons. The maximum Gasteiger partial charge on any atom is 0.235 e. The Labute approximate surface area is 294 Å². The smallest absolute Gasteiger partial charge is 0.235 e. The van der Waals surface area contributed by atoms with Crippen molar-refractivity contribution in [1.82, 2.24) is 23.7 Å². The average molecular weight is 653 g/mol. The molecule has 5 aromatic carbocycles. The minimum absolute atomic E-state index is 0.0263. The topological polar surface area (TPSA) is 38.6 Å². The molecule has 0 N–H and O–H groups in total. The third kappa shape index (κ3) is 4.06. The molecule has 0 saturated heterocycles. The van der Waals surface area contributed by atoms with Crippen molar-refractivity contribution in [1.29, 1.82) is 0 Å². The number of pyridine rings is 2. The van der Waals surface area contributed by atoms with Gasteiger partial charge in [-0.25, -0.2) is 0 Å². The van der Waals surface area contributed by atoms with Gasteiger partial charge in [-0.1, -0.05) is 91.0 Å². The Morgan fingerprint density at radius 2 is 1.22 bits per heavy atom. The summed E-state index contributed by atoms with van der Waals surface area (Å²) >= 11 is 0. The van der Waals surface area contributed by atoms with Gasteiger partial charge in [0.05, 0.1) is 16.6 Å². The Bertz CT molecular complexity index is 2890. The highest BCUT2D eigenvalue weighted by atomic mass is 15.2. The fourth-order valence-corrected chi connectivity index (χ4v) is 8.43. The first-order valence-corrected chi connectivity index (χ1v) is 17.4. The van der Waals surface area contributed by atoms with E-state index < -0.39 is 0 Å². The van der Waals surface area contributed by atoms with Gasteiger partial charge in [0.2, 0.25) is 17.1 Å². The molecule has 0 bridgehead atoms. The predicted octanol–water partition coefficient (Wildman–Crippen LogP) is 11.0. The summed E-state index contributed by atoms with van der Waals surface area (Å²) in [5.41, 5.74) is 13.9. The lowest BCUT2D eigenvalue weighted by Gasteiger charge is -2.25. The van der Waals surface area contributed by atoms with Crippen LogP contribution in [0.3, 0.4) is 0 Å². The van der Waals surface area contributed by atoms with Crippen LogP contribution in [0.25, 0.3) is 71.6 Å². The second-order valence-corrected chi connectivity index (χ2v) is 13.3. The molecular weight excluding hydrogens is 623 g/mol. The second-order valence-electron chi connectivity index (χ2n) is 13.3. The van der Waals surface area contributed by atoms with E-state index in [-0.39, 0.29) is 6.04 Å². The van der Waals surface area contributed by atoms with Gasteiger partial charge in [0.1, 0.15) is 11.6 Å². The summed E-state index contributed by atoms with van der Waals surface area (Å²) in [7, 11) is 0. The minimum atomic E-state index is -0.0263. The van der Waals surface area contributed by atoms with Crippen LogP contribution >= 0.6 is 0 Å². The van der Waals surface area contributed by atoms with Crippen molar-refractivity contribution in [3.05, 3.63) is 176 Å². The molecule has 0 amide bonds. The third-order valence-electron chi connectivity index (χ3n) is 10.5. The molecule has 5 heteroatoms. The van der Waals surface area contributed by atoms with E-state index in [1.807, 2.05) is 36.9 Å². The van der Waals surface area contributed by atoms with Crippen LogP contribution in [0.4, 0.5) is 11.4 Å². The van der Waals surface area contributed by atoms with Crippen molar-refractivity contribution >= 4 is 60.7 Å². The first kappa shape index (κ1) is 28.0. The molecular formula is C46H30N5+. The van der Waals surface area contributed by atoms with E-state index in [1.54, 1.807) is 0 Å². The molecule has 1 aliphatic carbocycles. The van der Waals surface area contributed by atoms with E-state index >= 15 is 0 Å². The van der Waals surface area contributed by atoms with Crippen LogP contribution in [0.15, 0.2) is 176 Å². The Hall–Kier alpha value is -6.85. The third-order valence-corrected chi connectivity index (χ3v) is 10.5. The highest BCUT2D eigenvalue weighted by molar-refractivity contribution is 6.26.